The van der Waals surface area contributed by atoms with Gasteiger partial charge in [0.15, 0.2) is 0 Å². The van der Waals surface area contributed by atoms with Crippen molar-refractivity contribution in [3.8, 4) is 0 Å². The Kier molecular flexibility index (Phi) is 5.78. The zero-order valence-corrected chi connectivity index (χ0v) is 15.2. The Hall–Kier alpha value is -2.53. The van der Waals surface area contributed by atoms with Gasteiger partial charge in [-0.3, -0.25) is 9.59 Å². The van der Waals surface area contributed by atoms with Gasteiger partial charge in [0.05, 0.1) is 10.6 Å². The van der Waals surface area contributed by atoms with Crippen LogP contribution >= 0.6 is 11.6 Å². The van der Waals surface area contributed by atoms with E-state index in [9.17, 15) is 9.59 Å². The van der Waals surface area contributed by atoms with Gasteiger partial charge in [-0.05, 0) is 49.2 Å². The third-order valence-corrected chi connectivity index (χ3v) is 4.89. The largest absolute Gasteiger partial charge is 0.399 e. The molecule has 5 nitrogen and oxygen atoms in total. The maximum absolute atomic E-state index is 12.6. The summed E-state index contributed by atoms with van der Waals surface area (Å²) in [6.45, 7) is 0. The van der Waals surface area contributed by atoms with Gasteiger partial charge in [-0.1, -0.05) is 36.9 Å². The molecule has 0 aliphatic heterocycles. The van der Waals surface area contributed by atoms with E-state index in [0.29, 0.717) is 27.5 Å². The summed E-state index contributed by atoms with van der Waals surface area (Å²) in [6.07, 6.45) is 5.48. The van der Waals surface area contributed by atoms with Crippen LogP contribution in [-0.4, -0.2) is 17.9 Å². The standard InChI is InChI=1S/C20H22ClN3O2/c21-18-10-9-16(24-19(25)13-5-4-6-14(22)11-13)12-17(18)20(26)23-15-7-2-1-3-8-15/h4-6,9-12,15H,1-3,7-8,22H2,(H,23,26)(H,24,25). The molecule has 4 N–H and O–H groups in total. The summed E-state index contributed by atoms with van der Waals surface area (Å²) in [5.74, 6) is -0.500. The van der Waals surface area contributed by atoms with Crippen molar-refractivity contribution in [2.45, 2.75) is 38.1 Å². The molecule has 1 aliphatic rings. The Balaban J connectivity index is 1.72. The van der Waals surface area contributed by atoms with Crippen LogP contribution in [0.3, 0.4) is 0 Å². The Labute approximate surface area is 157 Å². The van der Waals surface area contributed by atoms with E-state index in [2.05, 4.69) is 10.6 Å². The van der Waals surface area contributed by atoms with E-state index in [0.717, 1.165) is 25.7 Å². The van der Waals surface area contributed by atoms with Crippen LogP contribution in [0.15, 0.2) is 42.5 Å². The number of amides is 2. The lowest BCUT2D eigenvalue weighted by Crippen LogP contribution is -2.36. The Morgan fingerprint density at radius 3 is 2.50 bits per heavy atom. The van der Waals surface area contributed by atoms with Crippen LogP contribution in [0.25, 0.3) is 0 Å². The van der Waals surface area contributed by atoms with Crippen molar-refractivity contribution in [3.05, 3.63) is 58.6 Å². The lowest BCUT2D eigenvalue weighted by molar-refractivity contribution is 0.0927. The highest BCUT2D eigenvalue weighted by molar-refractivity contribution is 6.34. The molecular weight excluding hydrogens is 350 g/mol. The minimum absolute atomic E-state index is 0.192. The second-order valence-corrected chi connectivity index (χ2v) is 6.99. The maximum Gasteiger partial charge on any atom is 0.255 e. The van der Waals surface area contributed by atoms with E-state index >= 15 is 0 Å². The van der Waals surface area contributed by atoms with Crippen LogP contribution in [-0.2, 0) is 0 Å². The zero-order chi connectivity index (χ0) is 18.5. The molecule has 0 aromatic heterocycles. The van der Waals surface area contributed by atoms with Gasteiger partial charge in [-0.15, -0.1) is 0 Å². The van der Waals surface area contributed by atoms with Crippen LogP contribution in [0, 0.1) is 0 Å². The summed E-state index contributed by atoms with van der Waals surface area (Å²) in [6, 6.07) is 11.8. The fourth-order valence-electron chi connectivity index (χ4n) is 3.17. The quantitative estimate of drug-likeness (QED) is 0.703. The highest BCUT2D eigenvalue weighted by atomic mass is 35.5. The lowest BCUT2D eigenvalue weighted by atomic mass is 9.95. The summed E-state index contributed by atoms with van der Waals surface area (Å²) >= 11 is 6.19. The predicted molar refractivity (Wildman–Crippen MR) is 105 cm³/mol. The molecule has 2 aromatic rings. The summed E-state index contributed by atoms with van der Waals surface area (Å²) in [5.41, 5.74) is 7.55. The average Bonchev–Trinajstić information content (AvgIpc) is 2.64. The molecule has 3 rings (SSSR count). The van der Waals surface area contributed by atoms with Gasteiger partial charge < -0.3 is 16.4 Å². The smallest absolute Gasteiger partial charge is 0.255 e. The number of hydrogen-bond donors (Lipinski definition) is 3. The van der Waals surface area contributed by atoms with Crippen LogP contribution in [0.2, 0.25) is 5.02 Å². The first-order valence-corrected chi connectivity index (χ1v) is 9.18. The second-order valence-electron chi connectivity index (χ2n) is 6.58. The number of nitrogens with one attached hydrogen (secondary N) is 2. The molecule has 1 fully saturated rings. The molecule has 0 saturated heterocycles. The van der Waals surface area contributed by atoms with Crippen molar-refractivity contribution in [1.82, 2.24) is 5.32 Å². The first-order valence-electron chi connectivity index (χ1n) is 8.80. The molecule has 26 heavy (non-hydrogen) atoms. The van der Waals surface area contributed by atoms with Crippen molar-refractivity contribution in [1.29, 1.82) is 0 Å². The van der Waals surface area contributed by atoms with E-state index in [4.69, 9.17) is 17.3 Å². The number of carbonyl (C=O) groups excluding carboxylic acids is 2. The highest BCUT2D eigenvalue weighted by Gasteiger charge is 2.19. The molecule has 0 atom stereocenters. The number of rotatable bonds is 4. The molecule has 136 valence electrons. The SMILES string of the molecule is Nc1cccc(C(=O)Nc2ccc(Cl)c(C(=O)NC3CCCCC3)c2)c1. The monoisotopic (exact) mass is 371 g/mol. The Morgan fingerprint density at radius 1 is 1.00 bits per heavy atom. The molecule has 2 amide bonds. The second kappa shape index (κ2) is 8.23. The van der Waals surface area contributed by atoms with Crippen molar-refractivity contribution in [3.63, 3.8) is 0 Å². The van der Waals surface area contributed by atoms with Gasteiger partial charge in [0.2, 0.25) is 0 Å². The summed E-state index contributed by atoms with van der Waals surface area (Å²) in [7, 11) is 0. The van der Waals surface area contributed by atoms with Crippen LogP contribution in [0.5, 0.6) is 0 Å². The van der Waals surface area contributed by atoms with Crippen molar-refractivity contribution >= 4 is 34.8 Å². The fourth-order valence-corrected chi connectivity index (χ4v) is 3.37. The van der Waals surface area contributed by atoms with Crippen molar-refractivity contribution in [2.75, 3.05) is 11.1 Å². The number of nitrogen functional groups attached to an aromatic ring is 1. The summed E-state index contributed by atoms with van der Waals surface area (Å²) in [4.78, 5) is 24.9. The first-order chi connectivity index (χ1) is 12.5. The lowest BCUT2D eigenvalue weighted by Gasteiger charge is -2.23. The van der Waals surface area contributed by atoms with Crippen molar-refractivity contribution in [2.24, 2.45) is 0 Å². The van der Waals surface area contributed by atoms with Gasteiger partial charge in [-0.2, -0.15) is 0 Å². The fraction of sp³-hybridized carbons (Fsp3) is 0.300. The van der Waals surface area contributed by atoms with E-state index < -0.39 is 0 Å². The highest BCUT2D eigenvalue weighted by Crippen LogP contribution is 2.23. The topological polar surface area (TPSA) is 84.2 Å². The average molecular weight is 372 g/mol. The van der Waals surface area contributed by atoms with Gasteiger partial charge >= 0.3 is 0 Å². The van der Waals surface area contributed by atoms with Gasteiger partial charge in [0.25, 0.3) is 11.8 Å². The number of hydrogen-bond acceptors (Lipinski definition) is 3. The van der Waals surface area contributed by atoms with E-state index in [1.54, 1.807) is 42.5 Å². The molecule has 2 aromatic carbocycles. The van der Waals surface area contributed by atoms with Crippen molar-refractivity contribution < 1.29 is 9.59 Å². The normalized spacial score (nSPS) is 14.7. The molecule has 6 heteroatoms. The predicted octanol–water partition coefficient (Wildman–Crippen LogP) is 4.24. The van der Waals surface area contributed by atoms with Crippen LogP contribution in [0.4, 0.5) is 11.4 Å². The molecular formula is C20H22ClN3O2. The van der Waals surface area contributed by atoms with Gasteiger partial charge in [0, 0.05) is 23.0 Å². The summed E-state index contributed by atoms with van der Waals surface area (Å²) < 4.78 is 0. The molecule has 0 heterocycles. The third-order valence-electron chi connectivity index (χ3n) is 4.56. The van der Waals surface area contributed by atoms with Gasteiger partial charge in [-0.25, -0.2) is 0 Å². The van der Waals surface area contributed by atoms with E-state index in [1.807, 2.05) is 0 Å². The minimum atomic E-state index is -0.293. The van der Waals surface area contributed by atoms with E-state index in [-0.39, 0.29) is 17.9 Å². The number of nitrogens with two attached hydrogens (primary N) is 1. The van der Waals surface area contributed by atoms with Crippen LogP contribution < -0.4 is 16.4 Å². The van der Waals surface area contributed by atoms with E-state index in [1.165, 1.54) is 6.42 Å². The third kappa shape index (κ3) is 4.55. The number of halogens is 1. The molecule has 0 radical (unpaired) electrons. The minimum Gasteiger partial charge on any atom is -0.399 e. The zero-order valence-electron chi connectivity index (χ0n) is 14.4. The molecule has 1 saturated carbocycles. The molecule has 0 unspecified atom stereocenters. The Bertz CT molecular complexity index is 816. The number of benzene rings is 2. The molecule has 1 aliphatic carbocycles. The van der Waals surface area contributed by atoms with Gasteiger partial charge in [0.1, 0.15) is 0 Å². The number of carbonyl (C=O) groups is 2. The first kappa shape index (κ1) is 18.3. The number of anilines is 2. The van der Waals surface area contributed by atoms with Crippen LogP contribution in [0.1, 0.15) is 52.8 Å². The summed E-state index contributed by atoms with van der Waals surface area (Å²) in [5, 5.41) is 6.18. The Morgan fingerprint density at radius 2 is 1.77 bits per heavy atom. The maximum atomic E-state index is 12.6. The molecule has 0 spiro atoms. The molecule has 0 bridgehead atoms.